The van der Waals surface area contributed by atoms with Crippen molar-refractivity contribution < 1.29 is 8.42 Å². The van der Waals surface area contributed by atoms with Gasteiger partial charge in [0, 0.05) is 34.3 Å². The molecule has 4 rings (SSSR count). The second-order valence-corrected chi connectivity index (χ2v) is 10.5. The number of hydrogen-bond acceptors (Lipinski definition) is 3. The number of halogens is 1. The van der Waals surface area contributed by atoms with Crippen molar-refractivity contribution >= 4 is 37.3 Å². The van der Waals surface area contributed by atoms with Gasteiger partial charge >= 0.3 is 0 Å². The van der Waals surface area contributed by atoms with Crippen molar-refractivity contribution in [1.82, 2.24) is 8.87 Å². The third kappa shape index (κ3) is 3.07. The minimum Gasteiger partial charge on any atom is -0.348 e. The Morgan fingerprint density at radius 2 is 1.88 bits per heavy atom. The molecule has 0 saturated carbocycles. The van der Waals surface area contributed by atoms with Crippen LogP contribution in [0.4, 0.5) is 0 Å². The fourth-order valence-electron chi connectivity index (χ4n) is 3.41. The highest BCUT2D eigenvalue weighted by Crippen LogP contribution is 2.38. The normalized spacial score (nSPS) is 18.0. The van der Waals surface area contributed by atoms with Gasteiger partial charge in [0.1, 0.15) is 4.21 Å². The molecule has 1 unspecified atom stereocenters. The molecule has 7 heteroatoms. The van der Waals surface area contributed by atoms with E-state index in [1.807, 2.05) is 55.6 Å². The van der Waals surface area contributed by atoms with Gasteiger partial charge in [-0.1, -0.05) is 35.0 Å². The predicted octanol–water partition coefficient (Wildman–Crippen LogP) is 4.67. The third-order valence-corrected chi connectivity index (χ3v) is 8.82. The lowest BCUT2D eigenvalue weighted by Crippen LogP contribution is -2.42. The van der Waals surface area contributed by atoms with E-state index >= 15 is 0 Å². The second kappa shape index (κ2) is 6.96. The number of hydrogen-bond donors (Lipinski definition) is 0. The van der Waals surface area contributed by atoms with Gasteiger partial charge in [-0.2, -0.15) is 4.31 Å². The number of nitrogens with zero attached hydrogens (tertiary/aromatic N) is 2. The molecule has 3 aromatic rings. The summed E-state index contributed by atoms with van der Waals surface area (Å²) in [5, 5.41) is 0. The average molecular weight is 451 g/mol. The summed E-state index contributed by atoms with van der Waals surface area (Å²) in [7, 11) is -3.55. The van der Waals surface area contributed by atoms with Crippen LogP contribution in [0.25, 0.3) is 0 Å². The topological polar surface area (TPSA) is 42.3 Å². The van der Waals surface area contributed by atoms with E-state index in [0.29, 0.717) is 17.3 Å². The number of thiophene rings is 1. The molecule has 0 radical (unpaired) electrons. The Morgan fingerprint density at radius 3 is 2.58 bits per heavy atom. The molecule has 1 atom stereocenters. The van der Waals surface area contributed by atoms with Crippen molar-refractivity contribution in [2.75, 3.05) is 6.54 Å². The first-order valence-electron chi connectivity index (χ1n) is 8.52. The fraction of sp³-hybridized carbons (Fsp3) is 0.263. The summed E-state index contributed by atoms with van der Waals surface area (Å²) >= 11 is 4.83. The smallest absolute Gasteiger partial charge is 0.253 e. The highest BCUT2D eigenvalue weighted by atomic mass is 79.9. The zero-order chi connectivity index (χ0) is 18.3. The number of rotatable bonds is 4. The lowest BCUT2D eigenvalue weighted by Gasteiger charge is -2.36. The average Bonchev–Trinajstić information content (AvgIpc) is 3.31. The van der Waals surface area contributed by atoms with Crippen LogP contribution in [-0.4, -0.2) is 23.8 Å². The van der Waals surface area contributed by atoms with Crippen LogP contribution in [0.15, 0.2) is 63.4 Å². The molecule has 0 bridgehead atoms. The maximum absolute atomic E-state index is 13.4. The zero-order valence-electron chi connectivity index (χ0n) is 14.3. The van der Waals surface area contributed by atoms with E-state index < -0.39 is 10.0 Å². The van der Waals surface area contributed by atoms with Gasteiger partial charge in [0.2, 0.25) is 0 Å². The van der Waals surface area contributed by atoms with Crippen molar-refractivity contribution in [2.24, 2.45) is 0 Å². The highest BCUT2D eigenvalue weighted by molar-refractivity contribution is 9.10. The number of benzene rings is 1. The quantitative estimate of drug-likeness (QED) is 0.579. The zero-order valence-corrected chi connectivity index (χ0v) is 17.5. The highest BCUT2D eigenvalue weighted by Gasteiger charge is 2.38. The van der Waals surface area contributed by atoms with Crippen LogP contribution < -0.4 is 0 Å². The van der Waals surface area contributed by atoms with E-state index in [2.05, 4.69) is 20.5 Å². The monoisotopic (exact) mass is 450 g/mol. The second-order valence-electron chi connectivity index (χ2n) is 6.27. The minimum absolute atomic E-state index is 0.316. The minimum atomic E-state index is -3.55. The number of aromatic nitrogens is 1. The van der Waals surface area contributed by atoms with E-state index in [0.717, 1.165) is 27.0 Å². The first-order valence-corrected chi connectivity index (χ1v) is 11.6. The molecule has 0 aliphatic carbocycles. The van der Waals surface area contributed by atoms with E-state index in [-0.39, 0.29) is 6.04 Å². The van der Waals surface area contributed by atoms with E-state index in [9.17, 15) is 8.42 Å². The van der Waals surface area contributed by atoms with Gasteiger partial charge in [-0.15, -0.1) is 11.3 Å². The van der Waals surface area contributed by atoms with Gasteiger partial charge in [-0.05, 0) is 48.4 Å². The van der Waals surface area contributed by atoms with Crippen molar-refractivity contribution in [1.29, 1.82) is 0 Å². The molecule has 0 N–H and O–H groups in total. The molecule has 26 heavy (non-hydrogen) atoms. The molecule has 1 aromatic carbocycles. The van der Waals surface area contributed by atoms with Crippen molar-refractivity contribution in [3.63, 3.8) is 0 Å². The molecule has 1 aliphatic heterocycles. The van der Waals surface area contributed by atoms with Crippen LogP contribution in [0.3, 0.4) is 0 Å². The summed E-state index contributed by atoms with van der Waals surface area (Å²) in [6.45, 7) is 3.17. The van der Waals surface area contributed by atoms with Gasteiger partial charge < -0.3 is 4.57 Å². The third-order valence-electron chi connectivity index (χ3n) is 4.73. The molecule has 136 valence electrons. The molecule has 3 heterocycles. The van der Waals surface area contributed by atoms with Crippen LogP contribution in [0.1, 0.15) is 29.1 Å². The molecule has 4 nitrogen and oxygen atoms in total. The van der Waals surface area contributed by atoms with Crippen LogP contribution in [0, 0.1) is 0 Å². The molecular weight excluding hydrogens is 432 g/mol. The summed E-state index contributed by atoms with van der Waals surface area (Å²) in [6.07, 6.45) is 2.87. The SMILES string of the molecule is CCc1ccc(S(=O)(=O)N2CCn3cccc3C2c2ccc(Br)cc2)s1. The van der Waals surface area contributed by atoms with Gasteiger partial charge in [0.05, 0.1) is 6.04 Å². The largest absolute Gasteiger partial charge is 0.348 e. The molecule has 0 amide bonds. The lowest BCUT2D eigenvalue weighted by molar-refractivity contribution is 0.299. The summed E-state index contributed by atoms with van der Waals surface area (Å²) in [5.74, 6) is 0. The Balaban J connectivity index is 1.82. The Bertz CT molecular complexity index is 1020. The predicted molar refractivity (Wildman–Crippen MR) is 108 cm³/mol. The van der Waals surface area contributed by atoms with E-state index in [4.69, 9.17) is 0 Å². The van der Waals surface area contributed by atoms with Crippen LogP contribution in [-0.2, 0) is 23.0 Å². The Kier molecular flexibility index (Phi) is 4.81. The van der Waals surface area contributed by atoms with E-state index in [1.54, 1.807) is 10.4 Å². The van der Waals surface area contributed by atoms with Crippen molar-refractivity contribution in [2.45, 2.75) is 30.1 Å². The number of fused-ring (bicyclic) bond motifs is 1. The summed E-state index contributed by atoms with van der Waals surface area (Å²) in [5.41, 5.74) is 1.98. The summed E-state index contributed by atoms with van der Waals surface area (Å²) in [6, 6.07) is 15.2. The van der Waals surface area contributed by atoms with Crippen LogP contribution in [0.5, 0.6) is 0 Å². The van der Waals surface area contributed by atoms with Gasteiger partial charge in [-0.25, -0.2) is 8.42 Å². The molecular formula is C19H19BrN2O2S2. The Morgan fingerprint density at radius 1 is 1.12 bits per heavy atom. The lowest BCUT2D eigenvalue weighted by atomic mass is 10.0. The van der Waals surface area contributed by atoms with Gasteiger partial charge in [0.15, 0.2) is 0 Å². The Hall–Kier alpha value is -1.41. The molecule has 0 saturated heterocycles. The maximum Gasteiger partial charge on any atom is 0.253 e. The van der Waals surface area contributed by atoms with Crippen molar-refractivity contribution in [3.8, 4) is 0 Å². The first kappa shape index (κ1) is 18.0. The number of sulfonamides is 1. The number of aryl methyl sites for hydroxylation is 1. The van der Waals surface area contributed by atoms with Gasteiger partial charge in [-0.3, -0.25) is 0 Å². The summed E-state index contributed by atoms with van der Waals surface area (Å²) in [4.78, 5) is 1.09. The summed E-state index contributed by atoms with van der Waals surface area (Å²) < 4.78 is 32.0. The molecule has 2 aromatic heterocycles. The Labute approximate surface area is 166 Å². The standard InChI is InChI=1S/C19H19BrN2O2S2/c1-2-16-9-10-18(25-16)26(23,24)22-13-12-21-11-3-4-17(21)19(22)14-5-7-15(20)8-6-14/h3-11,19H,2,12-13H2,1H3. The van der Waals surface area contributed by atoms with Gasteiger partial charge in [0.25, 0.3) is 10.0 Å². The van der Waals surface area contributed by atoms with Crippen molar-refractivity contribution in [3.05, 3.63) is 75.3 Å². The van der Waals surface area contributed by atoms with Crippen LogP contribution >= 0.6 is 27.3 Å². The first-order chi connectivity index (χ1) is 12.5. The van der Waals surface area contributed by atoms with E-state index in [1.165, 1.54) is 11.3 Å². The fourth-order valence-corrected chi connectivity index (χ4v) is 6.67. The molecule has 0 spiro atoms. The molecule has 1 aliphatic rings. The van der Waals surface area contributed by atoms with Crippen LogP contribution in [0.2, 0.25) is 0 Å². The maximum atomic E-state index is 13.4. The molecule has 0 fully saturated rings.